The number of fused-ring (bicyclic) bond motifs is 1. The van der Waals surface area contributed by atoms with E-state index < -0.39 is 0 Å². The van der Waals surface area contributed by atoms with Crippen molar-refractivity contribution < 1.29 is 13.9 Å². The number of hydrogen-bond donors (Lipinski definition) is 0. The van der Waals surface area contributed by atoms with Crippen LogP contribution >= 0.6 is 0 Å². The summed E-state index contributed by atoms with van der Waals surface area (Å²) in [6, 6.07) is 6.35. The third-order valence-electron chi connectivity index (χ3n) is 3.73. The Bertz CT molecular complexity index is 748. The fourth-order valence-corrected chi connectivity index (χ4v) is 2.52. The van der Waals surface area contributed by atoms with E-state index in [0.717, 1.165) is 5.69 Å². The maximum absolute atomic E-state index is 13.4. The predicted molar refractivity (Wildman–Crippen MR) is 83.3 cm³/mol. The molecule has 0 aliphatic carbocycles. The minimum absolute atomic E-state index is 0.215. The van der Waals surface area contributed by atoms with Crippen molar-refractivity contribution in [3.05, 3.63) is 52.5 Å². The first kappa shape index (κ1) is 15.5. The highest BCUT2D eigenvalue weighted by atomic mass is 19.1. The van der Waals surface area contributed by atoms with Gasteiger partial charge in [0.05, 0.1) is 32.6 Å². The van der Waals surface area contributed by atoms with Crippen molar-refractivity contribution in [2.75, 3.05) is 31.8 Å². The van der Waals surface area contributed by atoms with Crippen LogP contribution < -0.4 is 15.2 Å². The summed E-state index contributed by atoms with van der Waals surface area (Å²) in [6.45, 7) is 2.15. The summed E-state index contributed by atoms with van der Waals surface area (Å²) in [5.74, 6) is -0.0293. The highest BCUT2D eigenvalue weighted by Gasteiger charge is 2.21. The Labute approximate surface area is 133 Å². The molecule has 6 nitrogen and oxygen atoms in total. The Balaban J connectivity index is 1.89. The Kier molecular flexibility index (Phi) is 4.57. The molecule has 0 radical (unpaired) electrons. The molecule has 0 N–H and O–H groups in total. The van der Waals surface area contributed by atoms with Crippen molar-refractivity contribution in [2.24, 2.45) is 0 Å². The second-order valence-corrected chi connectivity index (χ2v) is 5.26. The molecule has 122 valence electrons. The molecule has 1 aliphatic heterocycles. The highest BCUT2D eigenvalue weighted by Crippen LogP contribution is 2.22. The fraction of sp³-hybridized carbons (Fsp3) is 0.375. The van der Waals surface area contributed by atoms with Gasteiger partial charge in [-0.25, -0.2) is 9.37 Å². The number of nitrogens with zero attached hydrogens (tertiary/aromatic N) is 3. The molecule has 2 heterocycles. The third kappa shape index (κ3) is 3.34. The fourth-order valence-electron chi connectivity index (χ4n) is 2.52. The maximum Gasteiger partial charge on any atom is 0.296 e. The third-order valence-corrected chi connectivity index (χ3v) is 3.73. The lowest BCUT2D eigenvalue weighted by atomic mass is 10.2. The molecule has 1 aliphatic rings. The second-order valence-electron chi connectivity index (χ2n) is 5.26. The number of rotatable bonds is 4. The number of hydrogen-bond acceptors (Lipinski definition) is 5. The molecule has 23 heavy (non-hydrogen) atoms. The summed E-state index contributed by atoms with van der Waals surface area (Å²) < 4.78 is 25.5. The summed E-state index contributed by atoms with van der Waals surface area (Å²) in [5, 5.41) is 0. The summed E-state index contributed by atoms with van der Waals surface area (Å²) >= 11 is 0. The van der Waals surface area contributed by atoms with Crippen LogP contribution in [0.15, 0.2) is 35.4 Å². The largest absolute Gasteiger partial charge is 0.485 e. The van der Waals surface area contributed by atoms with Gasteiger partial charge in [0.1, 0.15) is 18.1 Å². The number of methoxy groups -OCH3 is 1. The SMILES string of the molecule is COCCn1cnc2c(c1=O)OCCN(c1cccc(F)c1)C2. The molecule has 0 spiro atoms. The minimum atomic E-state index is -0.296. The topological polar surface area (TPSA) is 56.6 Å². The number of halogens is 1. The van der Waals surface area contributed by atoms with E-state index in [-0.39, 0.29) is 17.1 Å². The van der Waals surface area contributed by atoms with Crippen LogP contribution in [0.5, 0.6) is 5.75 Å². The highest BCUT2D eigenvalue weighted by molar-refractivity contribution is 5.48. The first-order chi connectivity index (χ1) is 11.2. The molecule has 2 aromatic rings. The average molecular weight is 319 g/mol. The Morgan fingerprint density at radius 3 is 3.09 bits per heavy atom. The maximum atomic E-state index is 13.4. The van der Waals surface area contributed by atoms with Gasteiger partial charge in [-0.3, -0.25) is 9.36 Å². The van der Waals surface area contributed by atoms with Crippen molar-refractivity contribution in [2.45, 2.75) is 13.1 Å². The van der Waals surface area contributed by atoms with Gasteiger partial charge in [-0.15, -0.1) is 0 Å². The van der Waals surface area contributed by atoms with Crippen molar-refractivity contribution in [1.29, 1.82) is 0 Å². The van der Waals surface area contributed by atoms with E-state index in [1.807, 2.05) is 11.0 Å². The van der Waals surface area contributed by atoms with E-state index in [2.05, 4.69) is 4.98 Å². The van der Waals surface area contributed by atoms with Gasteiger partial charge in [-0.1, -0.05) is 6.07 Å². The molecule has 0 saturated carbocycles. The zero-order valence-electron chi connectivity index (χ0n) is 12.9. The van der Waals surface area contributed by atoms with Gasteiger partial charge in [0.2, 0.25) is 5.75 Å². The zero-order valence-corrected chi connectivity index (χ0v) is 12.9. The van der Waals surface area contributed by atoms with Crippen LogP contribution in [0.2, 0.25) is 0 Å². The lowest BCUT2D eigenvalue weighted by Crippen LogP contribution is -2.26. The van der Waals surface area contributed by atoms with Gasteiger partial charge >= 0.3 is 0 Å². The van der Waals surface area contributed by atoms with Crippen molar-refractivity contribution in [1.82, 2.24) is 9.55 Å². The van der Waals surface area contributed by atoms with Crippen molar-refractivity contribution in [3.8, 4) is 5.75 Å². The quantitative estimate of drug-likeness (QED) is 0.853. The van der Waals surface area contributed by atoms with Gasteiger partial charge < -0.3 is 14.4 Å². The molecule has 0 amide bonds. The normalized spacial score (nSPS) is 14.1. The van der Waals surface area contributed by atoms with Crippen LogP contribution in [0.4, 0.5) is 10.1 Å². The molecule has 0 bridgehead atoms. The average Bonchev–Trinajstić information content (AvgIpc) is 2.77. The molecule has 1 aromatic heterocycles. The van der Waals surface area contributed by atoms with Crippen LogP contribution in [-0.4, -0.2) is 36.4 Å². The first-order valence-corrected chi connectivity index (χ1v) is 7.39. The molecule has 7 heteroatoms. The lowest BCUT2D eigenvalue weighted by Gasteiger charge is -2.21. The van der Waals surface area contributed by atoms with Gasteiger partial charge in [0.15, 0.2) is 0 Å². The van der Waals surface area contributed by atoms with E-state index in [1.165, 1.54) is 23.0 Å². The Hall–Kier alpha value is -2.41. The van der Waals surface area contributed by atoms with E-state index >= 15 is 0 Å². The molecule has 3 rings (SSSR count). The van der Waals surface area contributed by atoms with E-state index in [1.54, 1.807) is 13.2 Å². The smallest absolute Gasteiger partial charge is 0.296 e. The van der Waals surface area contributed by atoms with Gasteiger partial charge in [0, 0.05) is 12.8 Å². The van der Waals surface area contributed by atoms with Crippen LogP contribution in [0.3, 0.4) is 0 Å². The van der Waals surface area contributed by atoms with Crippen molar-refractivity contribution in [3.63, 3.8) is 0 Å². The van der Waals surface area contributed by atoms with E-state index in [0.29, 0.717) is 38.5 Å². The molecular formula is C16H18FN3O3. The summed E-state index contributed by atoms with van der Waals surface area (Å²) in [4.78, 5) is 18.7. The summed E-state index contributed by atoms with van der Waals surface area (Å²) in [5.41, 5.74) is 1.09. The first-order valence-electron chi connectivity index (χ1n) is 7.39. The van der Waals surface area contributed by atoms with E-state index in [4.69, 9.17) is 9.47 Å². The summed E-state index contributed by atoms with van der Waals surface area (Å²) in [7, 11) is 1.58. The molecule has 0 atom stereocenters. The predicted octanol–water partition coefficient (Wildman–Crippen LogP) is 1.43. The molecule has 1 aromatic carbocycles. The number of benzene rings is 1. The molecule has 0 unspecified atom stereocenters. The van der Waals surface area contributed by atoms with Crippen LogP contribution in [0.1, 0.15) is 5.69 Å². The molecule has 0 fully saturated rings. The second kappa shape index (κ2) is 6.78. The number of anilines is 1. The molecule has 0 saturated heterocycles. The number of ether oxygens (including phenoxy) is 2. The lowest BCUT2D eigenvalue weighted by molar-refractivity contribution is 0.185. The minimum Gasteiger partial charge on any atom is -0.485 e. The van der Waals surface area contributed by atoms with Crippen LogP contribution in [0, 0.1) is 5.82 Å². The van der Waals surface area contributed by atoms with Gasteiger partial charge in [-0.05, 0) is 18.2 Å². The van der Waals surface area contributed by atoms with Gasteiger partial charge in [-0.2, -0.15) is 0 Å². The summed E-state index contributed by atoms with van der Waals surface area (Å²) in [6.07, 6.45) is 1.50. The van der Waals surface area contributed by atoms with Crippen LogP contribution in [-0.2, 0) is 17.8 Å². The standard InChI is InChI=1S/C16H18FN3O3/c1-22-7-5-20-11-18-14-10-19(6-8-23-15(14)16(20)21)13-4-2-3-12(17)9-13/h2-4,9,11H,5-8,10H2,1H3. The van der Waals surface area contributed by atoms with Gasteiger partial charge in [0.25, 0.3) is 5.56 Å². The number of aromatic nitrogens is 2. The van der Waals surface area contributed by atoms with Crippen LogP contribution in [0.25, 0.3) is 0 Å². The molecular weight excluding hydrogens is 301 g/mol. The Morgan fingerprint density at radius 1 is 1.43 bits per heavy atom. The Morgan fingerprint density at radius 2 is 2.30 bits per heavy atom. The zero-order chi connectivity index (χ0) is 16.2. The van der Waals surface area contributed by atoms with E-state index in [9.17, 15) is 9.18 Å². The monoisotopic (exact) mass is 319 g/mol. The van der Waals surface area contributed by atoms with Crippen molar-refractivity contribution >= 4 is 5.69 Å².